The van der Waals surface area contributed by atoms with E-state index in [1.807, 2.05) is 12.1 Å². The Morgan fingerprint density at radius 2 is 2.24 bits per heavy atom. The zero-order valence-electron chi connectivity index (χ0n) is 13.9. The first-order valence-corrected chi connectivity index (χ1v) is 8.59. The van der Waals surface area contributed by atoms with Crippen molar-refractivity contribution in [2.24, 2.45) is 0 Å². The van der Waals surface area contributed by atoms with E-state index in [0.717, 1.165) is 30.8 Å². The number of hydrogen-bond donors (Lipinski definition) is 1. The van der Waals surface area contributed by atoms with Gasteiger partial charge in [-0.25, -0.2) is 9.67 Å². The van der Waals surface area contributed by atoms with Crippen LogP contribution in [0.4, 0.5) is 0 Å². The predicted molar refractivity (Wildman–Crippen MR) is 92.6 cm³/mol. The molecule has 7 heteroatoms. The number of carbonyl (C=O) groups is 1. The van der Waals surface area contributed by atoms with Gasteiger partial charge in [-0.1, -0.05) is 11.3 Å². The number of benzene rings is 1. The van der Waals surface area contributed by atoms with E-state index in [1.165, 1.54) is 18.7 Å². The molecule has 1 amide bonds. The van der Waals surface area contributed by atoms with Gasteiger partial charge >= 0.3 is 0 Å². The van der Waals surface area contributed by atoms with Gasteiger partial charge in [0.1, 0.15) is 5.82 Å². The lowest BCUT2D eigenvalue weighted by Crippen LogP contribution is -2.25. The number of imidazole rings is 1. The van der Waals surface area contributed by atoms with Crippen LogP contribution in [0.2, 0.25) is 0 Å². The van der Waals surface area contributed by atoms with E-state index < -0.39 is 0 Å². The number of nitrogens with zero attached hydrogens (tertiary/aromatic N) is 5. The second kappa shape index (κ2) is 6.88. The predicted octanol–water partition coefficient (Wildman–Crippen LogP) is 1.77. The second-order valence-corrected chi connectivity index (χ2v) is 6.20. The van der Waals surface area contributed by atoms with Gasteiger partial charge in [0.2, 0.25) is 0 Å². The van der Waals surface area contributed by atoms with Gasteiger partial charge < -0.3 is 9.88 Å². The number of hydrogen-bond acceptors (Lipinski definition) is 4. The highest BCUT2D eigenvalue weighted by Crippen LogP contribution is 2.14. The monoisotopic (exact) mass is 336 g/mol. The van der Waals surface area contributed by atoms with Crippen molar-refractivity contribution >= 4 is 5.91 Å². The minimum Gasteiger partial charge on any atom is -0.352 e. The lowest BCUT2D eigenvalue weighted by Gasteiger charge is -2.11. The Kier molecular flexibility index (Phi) is 4.28. The molecule has 128 valence electrons. The molecular formula is C18H20N6O. The smallest absolute Gasteiger partial charge is 0.251 e. The Hall–Kier alpha value is -2.96. The number of aromatic nitrogens is 5. The first kappa shape index (κ1) is 15.6. The van der Waals surface area contributed by atoms with E-state index >= 15 is 0 Å². The maximum absolute atomic E-state index is 12.4. The van der Waals surface area contributed by atoms with Crippen molar-refractivity contribution < 1.29 is 4.79 Å². The van der Waals surface area contributed by atoms with Crippen molar-refractivity contribution in [1.29, 1.82) is 0 Å². The van der Waals surface area contributed by atoms with Crippen LogP contribution in [0.3, 0.4) is 0 Å². The quantitative estimate of drug-likeness (QED) is 0.770. The number of rotatable bonds is 5. The molecule has 4 rings (SSSR count). The molecule has 7 nitrogen and oxygen atoms in total. The van der Waals surface area contributed by atoms with Crippen LogP contribution in [0.15, 0.2) is 42.9 Å². The van der Waals surface area contributed by atoms with Crippen LogP contribution >= 0.6 is 0 Å². The van der Waals surface area contributed by atoms with Gasteiger partial charge in [-0.2, -0.15) is 0 Å². The summed E-state index contributed by atoms with van der Waals surface area (Å²) in [6.07, 6.45) is 9.72. The largest absolute Gasteiger partial charge is 0.352 e. The van der Waals surface area contributed by atoms with Crippen LogP contribution in [0.5, 0.6) is 0 Å². The van der Waals surface area contributed by atoms with Crippen LogP contribution in [0, 0.1) is 0 Å². The van der Waals surface area contributed by atoms with Crippen molar-refractivity contribution in [3.8, 4) is 5.69 Å². The van der Waals surface area contributed by atoms with Gasteiger partial charge in [0.15, 0.2) is 0 Å². The molecule has 0 bridgehead atoms. The zero-order valence-corrected chi connectivity index (χ0v) is 13.9. The second-order valence-electron chi connectivity index (χ2n) is 6.20. The standard InChI is InChI=1S/C18H20N6O/c25-18(14-4-3-5-16(12-14)24-11-9-20-22-24)19-8-7-15-13-23-10-2-1-6-17(23)21-15/h3-5,9,11-13H,1-2,6-8,10H2,(H,19,25). The van der Waals surface area contributed by atoms with Crippen LogP contribution in [-0.2, 0) is 19.4 Å². The fraction of sp³-hybridized carbons (Fsp3) is 0.333. The number of amides is 1. The molecule has 25 heavy (non-hydrogen) atoms. The molecule has 1 N–H and O–H groups in total. The van der Waals surface area contributed by atoms with E-state index in [0.29, 0.717) is 12.1 Å². The lowest BCUT2D eigenvalue weighted by atomic mass is 10.2. The zero-order chi connectivity index (χ0) is 17.1. The molecule has 0 saturated heterocycles. The fourth-order valence-corrected chi connectivity index (χ4v) is 3.13. The molecule has 0 saturated carbocycles. The highest BCUT2D eigenvalue weighted by atomic mass is 16.1. The van der Waals surface area contributed by atoms with E-state index in [2.05, 4.69) is 31.4 Å². The summed E-state index contributed by atoms with van der Waals surface area (Å²) in [6, 6.07) is 7.33. The third-order valence-corrected chi connectivity index (χ3v) is 4.42. The fourth-order valence-electron chi connectivity index (χ4n) is 3.13. The van der Waals surface area contributed by atoms with Gasteiger partial charge in [-0.05, 0) is 31.0 Å². The molecule has 0 atom stereocenters. The Morgan fingerprint density at radius 1 is 1.28 bits per heavy atom. The average Bonchev–Trinajstić information content (AvgIpc) is 3.31. The lowest BCUT2D eigenvalue weighted by molar-refractivity contribution is 0.0954. The van der Waals surface area contributed by atoms with E-state index in [9.17, 15) is 4.79 Å². The van der Waals surface area contributed by atoms with E-state index in [1.54, 1.807) is 29.2 Å². The van der Waals surface area contributed by atoms with Crippen molar-refractivity contribution in [2.75, 3.05) is 6.54 Å². The summed E-state index contributed by atoms with van der Waals surface area (Å²) >= 11 is 0. The number of nitrogens with one attached hydrogen (secondary N) is 1. The van der Waals surface area contributed by atoms with Gasteiger partial charge in [-0.3, -0.25) is 4.79 Å². The Bertz CT molecular complexity index is 844. The van der Waals surface area contributed by atoms with Crippen molar-refractivity contribution in [1.82, 2.24) is 29.9 Å². The molecule has 0 aliphatic carbocycles. The summed E-state index contributed by atoms with van der Waals surface area (Å²) in [6.45, 7) is 1.63. The summed E-state index contributed by atoms with van der Waals surface area (Å²) in [5, 5.41) is 10.7. The summed E-state index contributed by atoms with van der Waals surface area (Å²) in [7, 11) is 0. The van der Waals surface area contributed by atoms with Gasteiger partial charge in [0, 0.05) is 37.7 Å². The van der Waals surface area contributed by atoms with Crippen molar-refractivity contribution in [3.63, 3.8) is 0 Å². The topological polar surface area (TPSA) is 77.6 Å². The minimum atomic E-state index is -0.0917. The van der Waals surface area contributed by atoms with Crippen LogP contribution in [0.25, 0.3) is 5.69 Å². The molecule has 0 unspecified atom stereocenters. The molecule has 3 heterocycles. The van der Waals surface area contributed by atoms with Crippen LogP contribution < -0.4 is 5.32 Å². The van der Waals surface area contributed by atoms with Gasteiger partial charge in [-0.15, -0.1) is 5.10 Å². The van der Waals surface area contributed by atoms with Gasteiger partial charge in [0.05, 0.1) is 23.8 Å². The average molecular weight is 336 g/mol. The first-order chi connectivity index (χ1) is 12.3. The molecular weight excluding hydrogens is 316 g/mol. The molecule has 0 fully saturated rings. The molecule has 1 aliphatic rings. The number of carbonyl (C=O) groups excluding carboxylic acids is 1. The summed E-state index contributed by atoms with van der Waals surface area (Å²) in [5.41, 5.74) is 2.47. The maximum Gasteiger partial charge on any atom is 0.251 e. The Balaban J connectivity index is 1.36. The molecule has 0 spiro atoms. The van der Waals surface area contributed by atoms with E-state index in [4.69, 9.17) is 0 Å². The van der Waals surface area contributed by atoms with Crippen LogP contribution in [0.1, 0.15) is 34.7 Å². The molecule has 1 aliphatic heterocycles. The number of fused-ring (bicyclic) bond motifs is 1. The third-order valence-electron chi connectivity index (χ3n) is 4.42. The normalized spacial score (nSPS) is 13.4. The molecule has 0 radical (unpaired) electrons. The highest BCUT2D eigenvalue weighted by molar-refractivity contribution is 5.94. The Morgan fingerprint density at radius 3 is 3.08 bits per heavy atom. The SMILES string of the molecule is O=C(NCCc1cn2c(n1)CCCC2)c1cccc(-n2ccnn2)c1. The van der Waals surface area contributed by atoms with Crippen LogP contribution in [-0.4, -0.2) is 37.0 Å². The highest BCUT2D eigenvalue weighted by Gasteiger charge is 2.12. The number of aryl methyl sites for hydroxylation is 2. The minimum absolute atomic E-state index is 0.0917. The molecule has 2 aromatic heterocycles. The van der Waals surface area contributed by atoms with Gasteiger partial charge in [0.25, 0.3) is 5.91 Å². The van der Waals surface area contributed by atoms with Crippen molar-refractivity contribution in [2.45, 2.75) is 32.2 Å². The van der Waals surface area contributed by atoms with Crippen molar-refractivity contribution in [3.05, 3.63) is 59.9 Å². The maximum atomic E-state index is 12.4. The Labute approximate surface area is 145 Å². The first-order valence-electron chi connectivity index (χ1n) is 8.59. The summed E-state index contributed by atoms with van der Waals surface area (Å²) < 4.78 is 3.87. The molecule has 1 aromatic carbocycles. The summed E-state index contributed by atoms with van der Waals surface area (Å²) in [4.78, 5) is 17.0. The summed E-state index contributed by atoms with van der Waals surface area (Å²) in [5.74, 6) is 1.08. The molecule has 3 aromatic rings. The van der Waals surface area contributed by atoms with E-state index in [-0.39, 0.29) is 5.91 Å². The third kappa shape index (κ3) is 3.45.